The molecule has 29 heavy (non-hydrogen) atoms. The molecule has 144 valence electrons. The van der Waals surface area contributed by atoms with Crippen molar-refractivity contribution in [2.45, 2.75) is 32.1 Å². The Morgan fingerprint density at radius 3 is 2.24 bits per heavy atom. The first-order chi connectivity index (χ1) is 13.8. The van der Waals surface area contributed by atoms with Gasteiger partial charge in [0, 0.05) is 12.1 Å². The third kappa shape index (κ3) is 5.56. The van der Waals surface area contributed by atoms with Gasteiger partial charge < -0.3 is 22.3 Å². The quantitative estimate of drug-likeness (QED) is 0.479. The summed E-state index contributed by atoms with van der Waals surface area (Å²) in [5, 5.41) is 0. The van der Waals surface area contributed by atoms with Gasteiger partial charge in [0.25, 0.3) is 5.91 Å². The molecule has 1 aliphatic carbocycles. The summed E-state index contributed by atoms with van der Waals surface area (Å²) in [5.74, 6) is 0.644. The molecule has 1 amide bonds. The van der Waals surface area contributed by atoms with Crippen molar-refractivity contribution in [3.8, 4) is 0 Å². The van der Waals surface area contributed by atoms with Gasteiger partial charge in [-0.25, -0.2) is 0 Å². The number of carbonyl (C=O) groups excluding carboxylic acids is 1. The van der Waals surface area contributed by atoms with Crippen LogP contribution in [0.25, 0.3) is 0 Å². The number of carbonyl (C=O) groups is 1. The van der Waals surface area contributed by atoms with Crippen LogP contribution in [0, 0.1) is 12.5 Å². The number of hydrogen-bond donors (Lipinski definition) is 0. The van der Waals surface area contributed by atoms with Gasteiger partial charge in [0.15, 0.2) is 0 Å². The van der Waals surface area contributed by atoms with Crippen molar-refractivity contribution >= 4 is 17.3 Å². The third-order valence-electron chi connectivity index (χ3n) is 5.13. The van der Waals surface area contributed by atoms with Crippen LogP contribution in [0.2, 0.25) is 0 Å². The second kappa shape index (κ2) is 10.7. The van der Waals surface area contributed by atoms with Crippen molar-refractivity contribution in [3.05, 3.63) is 84.5 Å². The Morgan fingerprint density at radius 2 is 1.62 bits per heavy atom. The van der Waals surface area contributed by atoms with E-state index in [4.69, 9.17) is 0 Å². The number of hydrogen-bond acceptors (Lipinski definition) is 3. The van der Waals surface area contributed by atoms with Gasteiger partial charge in [-0.3, -0.25) is 9.79 Å². The molecule has 2 aromatic carbocycles. The zero-order chi connectivity index (χ0) is 19.2. The zero-order valence-electron chi connectivity index (χ0n) is 16.8. The molecule has 5 heteroatoms. The monoisotopic (exact) mass is 485 g/mol. The van der Waals surface area contributed by atoms with Crippen molar-refractivity contribution < 1.29 is 32.1 Å². The van der Waals surface area contributed by atoms with Gasteiger partial charge in [-0.15, -0.1) is 6.54 Å². The Labute approximate surface area is 193 Å². The van der Waals surface area contributed by atoms with Gasteiger partial charge in [-0.1, -0.05) is 61.4 Å². The van der Waals surface area contributed by atoms with Crippen LogP contribution in [0.15, 0.2) is 71.5 Å². The molecule has 4 nitrogen and oxygen atoms in total. The topological polar surface area (TPSA) is 35.9 Å². The maximum Gasteiger partial charge on any atom is 2.00 e. The van der Waals surface area contributed by atoms with Gasteiger partial charge in [-0.2, -0.15) is 12.8 Å². The summed E-state index contributed by atoms with van der Waals surface area (Å²) in [4.78, 5) is 20.9. The van der Waals surface area contributed by atoms with Crippen LogP contribution < -0.4 is 4.90 Å². The summed E-state index contributed by atoms with van der Waals surface area (Å²) in [6.45, 7) is 1.16. The Balaban J connectivity index is 0.000000352. The molecule has 3 aliphatic rings. The molecular weight excluding hydrogens is 459 g/mol. The molecule has 0 radical (unpaired) electrons. The van der Waals surface area contributed by atoms with Crippen LogP contribution in [-0.2, 0) is 38.5 Å². The molecule has 0 aromatic heterocycles. The fourth-order valence-corrected chi connectivity index (χ4v) is 3.58. The van der Waals surface area contributed by atoms with Gasteiger partial charge >= 0.3 is 27.3 Å². The molecule has 0 saturated heterocycles. The van der Waals surface area contributed by atoms with Crippen LogP contribution in [0.4, 0.5) is 5.69 Å². The average Bonchev–Trinajstić information content (AvgIpc) is 3.43. The molecule has 2 heterocycles. The SMILES string of the molecule is O=C1C(Cc2ccccc2)=NC2=[C-]CN(c3ccccc3)CN12.[CH-]1CCCC1.[Cd+2]. The number of rotatable bonds is 3. The van der Waals surface area contributed by atoms with Crippen molar-refractivity contribution in [3.63, 3.8) is 0 Å². The van der Waals surface area contributed by atoms with Crippen LogP contribution in [0.1, 0.15) is 31.2 Å². The Morgan fingerprint density at radius 1 is 0.966 bits per heavy atom. The molecule has 1 saturated carbocycles. The minimum Gasteiger partial charge on any atom is -0.431 e. The predicted octanol–water partition coefficient (Wildman–Crippen LogP) is 4.40. The van der Waals surface area contributed by atoms with Gasteiger partial charge in [0.1, 0.15) is 5.71 Å². The van der Waals surface area contributed by atoms with Gasteiger partial charge in [0.05, 0.1) is 6.67 Å². The summed E-state index contributed by atoms with van der Waals surface area (Å²) in [5.41, 5.74) is 2.77. The number of benzene rings is 2. The van der Waals surface area contributed by atoms with Crippen LogP contribution >= 0.6 is 0 Å². The Hall–Kier alpha value is -1.96. The van der Waals surface area contributed by atoms with E-state index in [2.05, 4.69) is 22.4 Å². The molecular formula is C24H25CdN3O. The van der Waals surface area contributed by atoms with Crippen LogP contribution in [0.5, 0.6) is 0 Å². The van der Waals surface area contributed by atoms with E-state index < -0.39 is 0 Å². The molecule has 0 N–H and O–H groups in total. The number of amides is 1. The minimum atomic E-state index is -0.0167. The molecule has 2 aromatic rings. The summed E-state index contributed by atoms with van der Waals surface area (Å²) in [7, 11) is 0. The van der Waals surface area contributed by atoms with E-state index in [0.29, 0.717) is 31.2 Å². The zero-order valence-corrected chi connectivity index (χ0v) is 20.8. The first-order valence-electron chi connectivity index (χ1n) is 9.97. The van der Waals surface area contributed by atoms with E-state index in [0.717, 1.165) is 11.3 Å². The molecule has 0 spiro atoms. The largest absolute Gasteiger partial charge is 2.00 e. The van der Waals surface area contributed by atoms with E-state index in [9.17, 15) is 4.79 Å². The normalized spacial score (nSPS) is 17.6. The number of fused-ring (bicyclic) bond motifs is 1. The van der Waals surface area contributed by atoms with Crippen molar-refractivity contribution in [1.29, 1.82) is 0 Å². The van der Waals surface area contributed by atoms with E-state index in [1.54, 1.807) is 4.90 Å². The maximum absolute atomic E-state index is 12.6. The maximum atomic E-state index is 12.6. The first kappa shape index (κ1) is 21.7. The second-order valence-corrected chi connectivity index (χ2v) is 7.20. The van der Waals surface area contributed by atoms with Gasteiger partial charge in [-0.05, 0) is 23.5 Å². The molecule has 2 aliphatic heterocycles. The smallest absolute Gasteiger partial charge is 0.431 e. The van der Waals surface area contributed by atoms with Gasteiger partial charge in [0.2, 0.25) is 0 Å². The summed E-state index contributed by atoms with van der Waals surface area (Å²) in [6, 6.07) is 20.0. The van der Waals surface area contributed by atoms with Crippen molar-refractivity contribution in [2.24, 2.45) is 4.99 Å². The van der Waals surface area contributed by atoms with Crippen LogP contribution in [-0.4, -0.2) is 29.7 Å². The fourth-order valence-electron chi connectivity index (χ4n) is 3.58. The molecule has 0 unspecified atom stereocenters. The van der Waals surface area contributed by atoms with E-state index in [1.807, 2.05) is 60.7 Å². The second-order valence-electron chi connectivity index (χ2n) is 7.20. The van der Waals surface area contributed by atoms with Crippen molar-refractivity contribution in [2.75, 3.05) is 18.1 Å². The van der Waals surface area contributed by atoms with Crippen molar-refractivity contribution in [1.82, 2.24) is 4.90 Å². The van der Waals surface area contributed by atoms with E-state index in [-0.39, 0.29) is 33.2 Å². The molecule has 0 atom stereocenters. The number of para-hydroxylation sites is 1. The molecule has 5 rings (SSSR count). The third-order valence-corrected chi connectivity index (χ3v) is 5.13. The predicted molar refractivity (Wildman–Crippen MR) is 113 cm³/mol. The minimum absolute atomic E-state index is 0. The molecule has 1 fully saturated rings. The summed E-state index contributed by atoms with van der Waals surface area (Å²) >= 11 is 0. The number of anilines is 1. The summed E-state index contributed by atoms with van der Waals surface area (Å²) in [6.07, 6.45) is 11.8. The number of nitrogens with zero attached hydrogens (tertiary/aromatic N) is 3. The first-order valence-corrected chi connectivity index (χ1v) is 9.97. The van der Waals surface area contributed by atoms with Crippen LogP contribution in [0.3, 0.4) is 0 Å². The summed E-state index contributed by atoms with van der Waals surface area (Å²) < 4.78 is 0. The van der Waals surface area contributed by atoms with E-state index >= 15 is 0 Å². The number of aliphatic imine (C=N–C) groups is 1. The standard InChI is InChI=1S/C19H16N3O.C5H9.Cd/c23-19-17(13-15-7-3-1-4-8-15)20-18-11-12-21(14-22(18)19)16-9-5-2-6-10-16;1-2-4-5-3-1;/h1-10H,12-14H2;1H,2-5H2;/q2*-1;+2. The molecule has 0 bridgehead atoms. The Bertz CT molecular complexity index is 853. The Kier molecular flexibility index (Phi) is 8.03. The van der Waals surface area contributed by atoms with E-state index in [1.165, 1.54) is 25.7 Å². The average molecular weight is 484 g/mol. The fraction of sp³-hybridized carbons (Fsp3) is 0.292.